The van der Waals surface area contributed by atoms with Gasteiger partial charge in [0.05, 0.1) is 18.9 Å². The van der Waals surface area contributed by atoms with Gasteiger partial charge in [-0.2, -0.15) is 0 Å². The summed E-state index contributed by atoms with van der Waals surface area (Å²) >= 11 is 0. The van der Waals surface area contributed by atoms with Gasteiger partial charge in [0, 0.05) is 19.6 Å². The van der Waals surface area contributed by atoms with Crippen molar-refractivity contribution in [2.45, 2.75) is 20.4 Å². The molecule has 100 valence electrons. The van der Waals surface area contributed by atoms with E-state index in [-0.39, 0.29) is 0 Å². The monoisotopic (exact) mass is 249 g/mol. The van der Waals surface area contributed by atoms with E-state index in [1.54, 1.807) is 0 Å². The molecule has 0 atom stereocenters. The van der Waals surface area contributed by atoms with E-state index in [9.17, 15) is 0 Å². The Bertz CT molecular complexity index is 362. The van der Waals surface area contributed by atoms with E-state index in [1.165, 1.54) is 0 Å². The van der Waals surface area contributed by atoms with E-state index in [0.29, 0.717) is 5.92 Å². The molecule has 4 heteroatoms. The first-order valence-electron chi connectivity index (χ1n) is 6.75. The highest BCUT2D eigenvalue weighted by Gasteiger charge is 2.12. The van der Waals surface area contributed by atoms with Crippen molar-refractivity contribution >= 4 is 5.82 Å². The maximum absolute atomic E-state index is 5.36. The van der Waals surface area contributed by atoms with Crippen LogP contribution in [0.25, 0.3) is 0 Å². The molecule has 0 aliphatic carbocycles. The molecule has 1 N–H and O–H groups in total. The summed E-state index contributed by atoms with van der Waals surface area (Å²) in [6.45, 7) is 9.79. The summed E-state index contributed by atoms with van der Waals surface area (Å²) in [5, 5.41) is 3.43. The molecular weight excluding hydrogens is 226 g/mol. The predicted molar refractivity (Wildman–Crippen MR) is 73.8 cm³/mol. The molecule has 1 aliphatic heterocycles. The third kappa shape index (κ3) is 3.96. The summed E-state index contributed by atoms with van der Waals surface area (Å²) in [5.41, 5.74) is 1.11. The molecule has 2 heterocycles. The van der Waals surface area contributed by atoms with Crippen molar-refractivity contribution in [2.24, 2.45) is 5.92 Å². The van der Waals surface area contributed by atoms with Crippen molar-refractivity contribution in [3.8, 4) is 0 Å². The Balaban J connectivity index is 1.91. The average Bonchev–Trinajstić information content (AvgIpc) is 2.40. The van der Waals surface area contributed by atoms with Crippen LogP contribution in [0.2, 0.25) is 0 Å². The molecule has 1 aromatic rings. The van der Waals surface area contributed by atoms with Crippen molar-refractivity contribution in [1.82, 2.24) is 10.3 Å². The first kappa shape index (κ1) is 13.3. The van der Waals surface area contributed by atoms with Gasteiger partial charge in [-0.25, -0.2) is 4.98 Å². The van der Waals surface area contributed by atoms with Gasteiger partial charge in [0.15, 0.2) is 0 Å². The van der Waals surface area contributed by atoms with Gasteiger partial charge in [0.25, 0.3) is 0 Å². The molecule has 0 amide bonds. The van der Waals surface area contributed by atoms with Gasteiger partial charge in [-0.1, -0.05) is 19.9 Å². The van der Waals surface area contributed by atoms with Crippen LogP contribution in [0.15, 0.2) is 18.2 Å². The fourth-order valence-electron chi connectivity index (χ4n) is 2.02. The zero-order valence-electron chi connectivity index (χ0n) is 11.4. The fraction of sp³-hybridized carbons (Fsp3) is 0.643. The molecule has 0 aromatic carbocycles. The third-order valence-electron chi connectivity index (χ3n) is 2.99. The number of rotatable bonds is 5. The molecule has 2 rings (SSSR count). The summed E-state index contributed by atoms with van der Waals surface area (Å²) in [4.78, 5) is 6.99. The lowest BCUT2D eigenvalue weighted by atomic mass is 10.2. The molecule has 1 fully saturated rings. The highest BCUT2D eigenvalue weighted by atomic mass is 16.5. The lowest BCUT2D eigenvalue weighted by Gasteiger charge is -2.28. The van der Waals surface area contributed by atoms with Crippen LogP contribution in [-0.4, -0.2) is 37.8 Å². The van der Waals surface area contributed by atoms with E-state index in [1.807, 2.05) is 0 Å². The standard InChI is InChI=1S/C14H23N3O/c1-12(2)10-15-11-13-4-3-5-14(16-13)17-6-8-18-9-7-17/h3-5,12,15H,6-11H2,1-2H3. The van der Waals surface area contributed by atoms with Gasteiger partial charge in [0.2, 0.25) is 0 Å². The minimum absolute atomic E-state index is 0.674. The normalized spacial score (nSPS) is 16.3. The quantitative estimate of drug-likeness (QED) is 0.861. The van der Waals surface area contributed by atoms with Crippen LogP contribution in [-0.2, 0) is 11.3 Å². The highest BCUT2D eigenvalue weighted by Crippen LogP contribution is 2.13. The molecule has 0 radical (unpaired) electrons. The van der Waals surface area contributed by atoms with E-state index in [4.69, 9.17) is 9.72 Å². The molecule has 4 nitrogen and oxygen atoms in total. The van der Waals surface area contributed by atoms with Gasteiger partial charge < -0.3 is 15.0 Å². The highest BCUT2D eigenvalue weighted by molar-refractivity contribution is 5.39. The van der Waals surface area contributed by atoms with E-state index in [0.717, 1.165) is 50.9 Å². The Morgan fingerprint density at radius 2 is 2.11 bits per heavy atom. The van der Waals surface area contributed by atoms with Crippen molar-refractivity contribution in [3.63, 3.8) is 0 Å². The molecule has 0 saturated carbocycles. The number of morpholine rings is 1. The van der Waals surface area contributed by atoms with Crippen molar-refractivity contribution in [3.05, 3.63) is 23.9 Å². The predicted octanol–water partition coefficient (Wildman–Crippen LogP) is 1.66. The number of pyridine rings is 1. The van der Waals surface area contributed by atoms with E-state index in [2.05, 4.69) is 42.3 Å². The molecule has 1 aliphatic rings. The number of anilines is 1. The van der Waals surface area contributed by atoms with E-state index >= 15 is 0 Å². The van der Waals surface area contributed by atoms with Crippen LogP contribution in [0.3, 0.4) is 0 Å². The molecule has 0 spiro atoms. The van der Waals surface area contributed by atoms with Crippen LogP contribution in [0.4, 0.5) is 5.82 Å². The SMILES string of the molecule is CC(C)CNCc1cccc(N2CCOCC2)n1. The second kappa shape index (κ2) is 6.71. The Kier molecular flexibility index (Phi) is 4.96. The lowest BCUT2D eigenvalue weighted by molar-refractivity contribution is 0.122. The van der Waals surface area contributed by atoms with Crippen molar-refractivity contribution in [1.29, 1.82) is 0 Å². The molecule has 1 aromatic heterocycles. The van der Waals surface area contributed by atoms with Crippen molar-refractivity contribution < 1.29 is 4.74 Å². The first-order chi connectivity index (χ1) is 8.75. The largest absolute Gasteiger partial charge is 0.378 e. The molecule has 0 unspecified atom stereocenters. The maximum Gasteiger partial charge on any atom is 0.129 e. The Hall–Kier alpha value is -1.13. The fourth-order valence-corrected chi connectivity index (χ4v) is 2.02. The van der Waals surface area contributed by atoms with Crippen LogP contribution in [0.1, 0.15) is 19.5 Å². The van der Waals surface area contributed by atoms with Crippen LogP contribution >= 0.6 is 0 Å². The first-order valence-corrected chi connectivity index (χ1v) is 6.75. The van der Waals surface area contributed by atoms with Crippen LogP contribution < -0.4 is 10.2 Å². The number of ether oxygens (including phenoxy) is 1. The minimum Gasteiger partial charge on any atom is -0.378 e. The summed E-state index contributed by atoms with van der Waals surface area (Å²) in [7, 11) is 0. The maximum atomic E-state index is 5.36. The zero-order chi connectivity index (χ0) is 12.8. The lowest BCUT2D eigenvalue weighted by Crippen LogP contribution is -2.36. The molecular formula is C14H23N3O. The number of aromatic nitrogens is 1. The molecule has 1 saturated heterocycles. The van der Waals surface area contributed by atoms with Gasteiger partial charge >= 0.3 is 0 Å². The number of hydrogen-bond acceptors (Lipinski definition) is 4. The molecule has 0 bridgehead atoms. The van der Waals surface area contributed by atoms with Crippen LogP contribution in [0, 0.1) is 5.92 Å². The Morgan fingerprint density at radius 1 is 1.33 bits per heavy atom. The zero-order valence-corrected chi connectivity index (χ0v) is 11.4. The number of hydrogen-bond donors (Lipinski definition) is 1. The second-order valence-electron chi connectivity index (χ2n) is 5.11. The number of nitrogens with one attached hydrogen (secondary N) is 1. The third-order valence-corrected chi connectivity index (χ3v) is 2.99. The Morgan fingerprint density at radius 3 is 2.83 bits per heavy atom. The van der Waals surface area contributed by atoms with Gasteiger partial charge in [0.1, 0.15) is 5.82 Å². The van der Waals surface area contributed by atoms with Gasteiger partial charge in [-0.15, -0.1) is 0 Å². The minimum atomic E-state index is 0.674. The van der Waals surface area contributed by atoms with Gasteiger partial charge in [-0.3, -0.25) is 0 Å². The smallest absolute Gasteiger partial charge is 0.129 e. The van der Waals surface area contributed by atoms with E-state index < -0.39 is 0 Å². The summed E-state index contributed by atoms with van der Waals surface area (Å²) < 4.78 is 5.36. The van der Waals surface area contributed by atoms with Gasteiger partial charge in [-0.05, 0) is 24.6 Å². The second-order valence-corrected chi connectivity index (χ2v) is 5.11. The summed E-state index contributed by atoms with van der Waals surface area (Å²) in [5.74, 6) is 1.74. The summed E-state index contributed by atoms with van der Waals surface area (Å²) in [6, 6.07) is 6.25. The number of nitrogens with zero attached hydrogens (tertiary/aromatic N) is 2. The van der Waals surface area contributed by atoms with Crippen LogP contribution in [0.5, 0.6) is 0 Å². The Labute approximate surface area is 109 Å². The topological polar surface area (TPSA) is 37.4 Å². The average molecular weight is 249 g/mol. The summed E-state index contributed by atoms with van der Waals surface area (Å²) in [6.07, 6.45) is 0. The van der Waals surface area contributed by atoms with Crippen molar-refractivity contribution in [2.75, 3.05) is 37.7 Å². The molecule has 18 heavy (non-hydrogen) atoms.